The molecule has 1 aromatic carbocycles. The van der Waals surface area contributed by atoms with E-state index in [0.717, 1.165) is 24.2 Å². The maximum absolute atomic E-state index is 13.2. The Balaban J connectivity index is 1.27. The molecule has 2 aromatic rings. The summed E-state index contributed by atoms with van der Waals surface area (Å²) in [6.07, 6.45) is 3.18. The molecule has 5 rings (SSSR count). The van der Waals surface area contributed by atoms with Crippen LogP contribution >= 0.6 is 0 Å². The number of benzene rings is 1. The van der Waals surface area contributed by atoms with Crippen molar-refractivity contribution in [2.45, 2.75) is 18.3 Å². The summed E-state index contributed by atoms with van der Waals surface area (Å²) < 4.78 is 16.0. The Bertz CT molecular complexity index is 880. The topological polar surface area (TPSA) is 72.2 Å². The second kappa shape index (κ2) is 6.04. The molecular formula is C20H20N2O5. The number of fused-ring (bicyclic) bond motifs is 1. The number of piperazine rings is 1. The molecule has 27 heavy (non-hydrogen) atoms. The van der Waals surface area contributed by atoms with Gasteiger partial charge in [-0.2, -0.15) is 0 Å². The molecular weight excluding hydrogens is 348 g/mol. The third-order valence-corrected chi connectivity index (χ3v) is 5.67. The minimum absolute atomic E-state index is 0.121. The Labute approximate surface area is 156 Å². The van der Waals surface area contributed by atoms with E-state index in [4.69, 9.17) is 13.9 Å². The molecule has 0 unspecified atom stereocenters. The molecule has 0 bridgehead atoms. The first-order chi connectivity index (χ1) is 13.2. The van der Waals surface area contributed by atoms with E-state index >= 15 is 0 Å². The Morgan fingerprint density at radius 3 is 2.37 bits per heavy atom. The molecule has 0 spiro atoms. The number of amides is 2. The average Bonchev–Trinajstić information content (AvgIpc) is 3.12. The summed E-state index contributed by atoms with van der Waals surface area (Å²) in [7, 11) is 0. The normalized spacial score (nSPS) is 19.9. The van der Waals surface area contributed by atoms with Crippen molar-refractivity contribution in [1.82, 2.24) is 9.80 Å². The van der Waals surface area contributed by atoms with Crippen LogP contribution in [0.1, 0.15) is 29.0 Å². The monoisotopic (exact) mass is 368 g/mol. The van der Waals surface area contributed by atoms with Crippen molar-refractivity contribution >= 4 is 11.8 Å². The molecule has 2 fully saturated rings. The largest absolute Gasteiger partial charge is 0.459 e. The van der Waals surface area contributed by atoms with Crippen molar-refractivity contribution in [3.05, 3.63) is 47.9 Å². The molecule has 2 aliphatic heterocycles. The van der Waals surface area contributed by atoms with E-state index in [9.17, 15) is 9.59 Å². The first kappa shape index (κ1) is 16.2. The first-order valence-electron chi connectivity index (χ1n) is 9.20. The van der Waals surface area contributed by atoms with Gasteiger partial charge in [0.15, 0.2) is 17.3 Å². The highest BCUT2D eigenvalue weighted by molar-refractivity contribution is 5.93. The summed E-state index contributed by atoms with van der Waals surface area (Å²) >= 11 is 0. The van der Waals surface area contributed by atoms with Gasteiger partial charge in [-0.1, -0.05) is 6.07 Å². The van der Waals surface area contributed by atoms with E-state index < -0.39 is 5.41 Å². The third kappa shape index (κ3) is 2.65. The van der Waals surface area contributed by atoms with E-state index in [1.807, 2.05) is 23.1 Å². The van der Waals surface area contributed by atoms with Gasteiger partial charge in [-0.25, -0.2) is 0 Å². The van der Waals surface area contributed by atoms with Crippen molar-refractivity contribution in [3.63, 3.8) is 0 Å². The second-order valence-electron chi connectivity index (χ2n) is 7.21. The molecule has 1 aliphatic carbocycles. The Hall–Kier alpha value is -2.96. The van der Waals surface area contributed by atoms with Crippen molar-refractivity contribution in [2.75, 3.05) is 33.0 Å². The van der Waals surface area contributed by atoms with Crippen molar-refractivity contribution in [3.8, 4) is 11.5 Å². The predicted molar refractivity (Wildman–Crippen MR) is 94.7 cm³/mol. The Morgan fingerprint density at radius 2 is 1.67 bits per heavy atom. The fraction of sp³-hybridized carbons (Fsp3) is 0.400. The molecule has 0 N–H and O–H groups in total. The number of ether oxygens (including phenoxy) is 2. The van der Waals surface area contributed by atoms with Crippen molar-refractivity contribution < 1.29 is 23.5 Å². The van der Waals surface area contributed by atoms with E-state index in [-0.39, 0.29) is 18.6 Å². The van der Waals surface area contributed by atoms with E-state index in [1.165, 1.54) is 6.26 Å². The van der Waals surface area contributed by atoms with E-state index in [1.54, 1.807) is 17.0 Å². The molecule has 7 nitrogen and oxygen atoms in total. The zero-order valence-electron chi connectivity index (χ0n) is 14.8. The molecule has 3 aliphatic rings. The smallest absolute Gasteiger partial charge is 0.289 e. The minimum Gasteiger partial charge on any atom is -0.459 e. The zero-order chi connectivity index (χ0) is 18.4. The molecule has 1 aromatic heterocycles. The summed E-state index contributed by atoms with van der Waals surface area (Å²) in [4.78, 5) is 29.2. The minimum atomic E-state index is -0.450. The molecule has 140 valence electrons. The summed E-state index contributed by atoms with van der Waals surface area (Å²) in [6.45, 7) is 2.34. The van der Waals surface area contributed by atoms with Gasteiger partial charge in [-0.3, -0.25) is 9.59 Å². The van der Waals surface area contributed by atoms with Crippen LogP contribution in [0.3, 0.4) is 0 Å². The number of rotatable bonds is 3. The molecule has 0 atom stereocenters. The zero-order valence-corrected chi connectivity index (χ0v) is 14.8. The van der Waals surface area contributed by atoms with Gasteiger partial charge in [0.2, 0.25) is 12.7 Å². The van der Waals surface area contributed by atoms with Gasteiger partial charge in [-0.15, -0.1) is 0 Å². The first-order valence-corrected chi connectivity index (χ1v) is 9.20. The lowest BCUT2D eigenvalue weighted by Gasteiger charge is -2.36. The van der Waals surface area contributed by atoms with E-state index in [2.05, 4.69) is 0 Å². The maximum atomic E-state index is 13.2. The number of nitrogens with zero attached hydrogens (tertiary/aromatic N) is 2. The highest BCUT2D eigenvalue weighted by Gasteiger charge is 2.53. The number of hydrogen-bond donors (Lipinski definition) is 0. The van der Waals surface area contributed by atoms with Gasteiger partial charge in [-0.05, 0) is 42.7 Å². The van der Waals surface area contributed by atoms with E-state index in [0.29, 0.717) is 37.7 Å². The lowest BCUT2D eigenvalue weighted by molar-refractivity contribution is -0.135. The second-order valence-corrected chi connectivity index (χ2v) is 7.21. The maximum Gasteiger partial charge on any atom is 0.289 e. The number of hydrogen-bond acceptors (Lipinski definition) is 5. The van der Waals surface area contributed by atoms with Gasteiger partial charge in [0.1, 0.15) is 0 Å². The fourth-order valence-electron chi connectivity index (χ4n) is 3.92. The molecule has 2 amide bonds. The SMILES string of the molecule is O=C(c1ccco1)N1CCN(C(=O)C2(c3ccc4c(c3)OCO4)CC2)CC1. The van der Waals surface area contributed by atoms with Gasteiger partial charge in [0.25, 0.3) is 5.91 Å². The van der Waals surface area contributed by atoms with Gasteiger partial charge >= 0.3 is 0 Å². The summed E-state index contributed by atoms with van der Waals surface area (Å²) in [6, 6.07) is 9.15. The van der Waals surface area contributed by atoms with Gasteiger partial charge in [0, 0.05) is 26.2 Å². The summed E-state index contributed by atoms with van der Waals surface area (Å²) in [5, 5.41) is 0. The van der Waals surface area contributed by atoms with Crippen LogP contribution in [0.25, 0.3) is 0 Å². The van der Waals surface area contributed by atoms with Crippen LogP contribution in [-0.2, 0) is 10.2 Å². The summed E-state index contributed by atoms with van der Waals surface area (Å²) in [5.74, 6) is 1.80. The molecule has 3 heterocycles. The molecule has 7 heteroatoms. The lowest BCUT2D eigenvalue weighted by atomic mass is 9.93. The lowest BCUT2D eigenvalue weighted by Crippen LogP contribution is -2.52. The average molecular weight is 368 g/mol. The molecule has 1 saturated heterocycles. The Kier molecular flexibility index (Phi) is 3.63. The standard InChI is InChI=1S/C20H20N2O5/c23-18(16-2-1-11-25-16)21-7-9-22(10-8-21)19(24)20(5-6-20)14-3-4-15-17(12-14)27-13-26-15/h1-4,11-12H,5-10,13H2. The number of carbonyl (C=O) groups is 2. The van der Waals surface area contributed by atoms with Crippen LogP contribution in [0.5, 0.6) is 11.5 Å². The Morgan fingerprint density at radius 1 is 0.926 bits per heavy atom. The third-order valence-electron chi connectivity index (χ3n) is 5.67. The van der Waals surface area contributed by atoms with Crippen molar-refractivity contribution in [2.24, 2.45) is 0 Å². The number of carbonyl (C=O) groups excluding carboxylic acids is 2. The van der Waals surface area contributed by atoms with Gasteiger partial charge < -0.3 is 23.7 Å². The molecule has 0 radical (unpaired) electrons. The fourth-order valence-corrected chi connectivity index (χ4v) is 3.92. The quantitative estimate of drug-likeness (QED) is 0.829. The highest BCUT2D eigenvalue weighted by atomic mass is 16.7. The van der Waals surface area contributed by atoms with Crippen LogP contribution < -0.4 is 9.47 Å². The molecule has 1 saturated carbocycles. The van der Waals surface area contributed by atoms with Crippen LogP contribution in [0.15, 0.2) is 41.0 Å². The van der Waals surface area contributed by atoms with Crippen LogP contribution in [0.4, 0.5) is 0 Å². The highest BCUT2D eigenvalue weighted by Crippen LogP contribution is 2.51. The summed E-state index contributed by atoms with van der Waals surface area (Å²) in [5.41, 5.74) is 0.541. The number of furan rings is 1. The van der Waals surface area contributed by atoms with Crippen LogP contribution in [-0.4, -0.2) is 54.6 Å². The van der Waals surface area contributed by atoms with Gasteiger partial charge in [0.05, 0.1) is 11.7 Å². The van der Waals surface area contributed by atoms with Crippen LogP contribution in [0.2, 0.25) is 0 Å². The van der Waals surface area contributed by atoms with Crippen LogP contribution in [0, 0.1) is 0 Å². The van der Waals surface area contributed by atoms with Crippen molar-refractivity contribution in [1.29, 1.82) is 0 Å². The predicted octanol–water partition coefficient (Wildman–Crippen LogP) is 2.02.